The fourth-order valence-corrected chi connectivity index (χ4v) is 3.10. The van der Waals surface area contributed by atoms with Crippen LogP contribution in [0, 0.1) is 5.92 Å². The average Bonchev–Trinajstić information content (AvgIpc) is 2.61. The summed E-state index contributed by atoms with van der Waals surface area (Å²) in [6, 6.07) is 0.555. The zero-order chi connectivity index (χ0) is 9.97. The maximum Gasteiger partial charge on any atom is 0.224 e. The predicted molar refractivity (Wildman–Crippen MR) is 57.4 cm³/mol. The number of hydrogen-bond donors (Lipinski definition) is 0. The Balaban J connectivity index is 1.96. The number of carbonyl (C=O) groups is 1. The first-order valence-corrected chi connectivity index (χ1v) is 6.22. The molecule has 2 nitrogen and oxygen atoms in total. The predicted octanol–water partition coefficient (Wildman–Crippen LogP) is 2.41. The summed E-state index contributed by atoms with van der Waals surface area (Å²) < 4.78 is 0. The Morgan fingerprint density at radius 2 is 2.07 bits per heavy atom. The molecule has 80 valence electrons. The van der Waals surface area contributed by atoms with Gasteiger partial charge in [-0.1, -0.05) is 12.8 Å². The topological polar surface area (TPSA) is 20.3 Å². The summed E-state index contributed by atoms with van der Waals surface area (Å²) in [7, 11) is 0. The standard InChI is InChI=1S/C11H18ClNO/c12-7-5-11(14)13-8-6-9-3-1-2-4-10(9)13/h9-10H,1-8H2. The SMILES string of the molecule is O=C(CCCl)N1CCC2CCCCC21. The first-order chi connectivity index (χ1) is 6.83. The van der Waals surface area contributed by atoms with Crippen molar-refractivity contribution in [3.63, 3.8) is 0 Å². The van der Waals surface area contributed by atoms with Crippen LogP contribution in [-0.2, 0) is 4.79 Å². The lowest BCUT2D eigenvalue weighted by atomic mass is 9.85. The molecule has 2 fully saturated rings. The molecule has 1 aliphatic carbocycles. The monoisotopic (exact) mass is 215 g/mol. The smallest absolute Gasteiger partial charge is 0.224 e. The lowest BCUT2D eigenvalue weighted by molar-refractivity contribution is -0.132. The van der Waals surface area contributed by atoms with Gasteiger partial charge in [-0.05, 0) is 25.2 Å². The molecule has 0 spiro atoms. The maximum absolute atomic E-state index is 11.7. The van der Waals surface area contributed by atoms with E-state index in [-0.39, 0.29) is 5.91 Å². The fraction of sp³-hybridized carbons (Fsp3) is 0.909. The molecule has 0 aromatic heterocycles. The molecule has 3 heteroatoms. The van der Waals surface area contributed by atoms with E-state index in [1.807, 2.05) is 0 Å². The number of rotatable bonds is 2. The Kier molecular flexibility index (Phi) is 3.32. The van der Waals surface area contributed by atoms with Gasteiger partial charge in [0.1, 0.15) is 0 Å². The molecule has 1 heterocycles. The minimum Gasteiger partial charge on any atom is -0.339 e. The van der Waals surface area contributed by atoms with Crippen molar-refractivity contribution in [3.8, 4) is 0 Å². The van der Waals surface area contributed by atoms with Crippen molar-refractivity contribution in [2.24, 2.45) is 5.92 Å². The fourth-order valence-electron chi connectivity index (χ4n) is 2.94. The highest BCUT2D eigenvalue weighted by molar-refractivity contribution is 6.18. The molecule has 1 saturated carbocycles. The summed E-state index contributed by atoms with van der Waals surface area (Å²) >= 11 is 5.60. The maximum atomic E-state index is 11.7. The second-order valence-electron chi connectivity index (χ2n) is 4.43. The van der Waals surface area contributed by atoms with Crippen LogP contribution in [0.15, 0.2) is 0 Å². The largest absolute Gasteiger partial charge is 0.339 e. The number of nitrogens with zero attached hydrogens (tertiary/aromatic N) is 1. The first-order valence-electron chi connectivity index (χ1n) is 5.68. The van der Waals surface area contributed by atoms with Crippen molar-refractivity contribution >= 4 is 17.5 Å². The van der Waals surface area contributed by atoms with Crippen LogP contribution in [0.25, 0.3) is 0 Å². The Bertz CT molecular complexity index is 219. The third-order valence-corrected chi connectivity index (χ3v) is 3.83. The van der Waals surface area contributed by atoms with Crippen LogP contribution in [0.3, 0.4) is 0 Å². The zero-order valence-electron chi connectivity index (χ0n) is 8.54. The van der Waals surface area contributed by atoms with Crippen LogP contribution in [0.4, 0.5) is 0 Å². The van der Waals surface area contributed by atoms with E-state index in [4.69, 9.17) is 11.6 Å². The number of hydrogen-bond acceptors (Lipinski definition) is 1. The molecule has 0 radical (unpaired) electrons. The summed E-state index contributed by atoms with van der Waals surface area (Å²) in [4.78, 5) is 13.8. The van der Waals surface area contributed by atoms with Crippen LogP contribution in [-0.4, -0.2) is 29.3 Å². The van der Waals surface area contributed by atoms with Crippen molar-refractivity contribution in [2.45, 2.75) is 44.6 Å². The van der Waals surface area contributed by atoms with Gasteiger partial charge >= 0.3 is 0 Å². The van der Waals surface area contributed by atoms with Gasteiger partial charge in [-0.25, -0.2) is 0 Å². The van der Waals surface area contributed by atoms with Crippen molar-refractivity contribution in [3.05, 3.63) is 0 Å². The molecule has 2 unspecified atom stereocenters. The van der Waals surface area contributed by atoms with E-state index in [0.29, 0.717) is 18.3 Å². The quantitative estimate of drug-likeness (QED) is 0.648. The summed E-state index contributed by atoms with van der Waals surface area (Å²) in [5.41, 5.74) is 0. The van der Waals surface area contributed by atoms with Crippen LogP contribution in [0.2, 0.25) is 0 Å². The third kappa shape index (κ3) is 1.90. The molecule has 1 amide bonds. The Morgan fingerprint density at radius 3 is 2.86 bits per heavy atom. The Labute approximate surface area is 90.6 Å². The number of likely N-dealkylation sites (tertiary alicyclic amines) is 1. The van der Waals surface area contributed by atoms with E-state index >= 15 is 0 Å². The van der Waals surface area contributed by atoms with E-state index in [1.54, 1.807) is 0 Å². The second-order valence-corrected chi connectivity index (χ2v) is 4.80. The van der Waals surface area contributed by atoms with Gasteiger partial charge in [0, 0.05) is 24.9 Å². The van der Waals surface area contributed by atoms with Crippen LogP contribution in [0.5, 0.6) is 0 Å². The summed E-state index contributed by atoms with van der Waals surface area (Å²) in [5, 5.41) is 0. The van der Waals surface area contributed by atoms with Gasteiger partial charge in [-0.2, -0.15) is 0 Å². The normalized spacial score (nSPS) is 31.6. The minimum absolute atomic E-state index is 0.273. The summed E-state index contributed by atoms with van der Waals surface area (Å²) in [6.45, 7) is 0.977. The number of amides is 1. The van der Waals surface area contributed by atoms with E-state index < -0.39 is 0 Å². The van der Waals surface area contributed by atoms with Crippen molar-refractivity contribution in [1.82, 2.24) is 4.90 Å². The summed E-state index contributed by atoms with van der Waals surface area (Å²) in [5.74, 6) is 1.53. The number of halogens is 1. The molecule has 0 aromatic rings. The average molecular weight is 216 g/mol. The van der Waals surface area contributed by atoms with Crippen LogP contribution < -0.4 is 0 Å². The minimum atomic E-state index is 0.273. The molecule has 2 aliphatic rings. The van der Waals surface area contributed by atoms with E-state index in [2.05, 4.69) is 4.90 Å². The van der Waals surface area contributed by atoms with Crippen molar-refractivity contribution in [2.75, 3.05) is 12.4 Å². The van der Waals surface area contributed by atoms with Gasteiger partial charge in [0.05, 0.1) is 0 Å². The first kappa shape index (κ1) is 10.3. The molecule has 1 aliphatic heterocycles. The molecule has 1 saturated heterocycles. The molecule has 14 heavy (non-hydrogen) atoms. The third-order valence-electron chi connectivity index (χ3n) is 3.64. The van der Waals surface area contributed by atoms with Crippen molar-refractivity contribution in [1.29, 1.82) is 0 Å². The van der Waals surface area contributed by atoms with Crippen molar-refractivity contribution < 1.29 is 4.79 Å². The van der Waals surface area contributed by atoms with Crippen LogP contribution in [0.1, 0.15) is 38.5 Å². The zero-order valence-corrected chi connectivity index (χ0v) is 9.30. The second kappa shape index (κ2) is 4.52. The number of carbonyl (C=O) groups excluding carboxylic acids is 1. The van der Waals surface area contributed by atoms with Gasteiger partial charge in [0.15, 0.2) is 0 Å². The van der Waals surface area contributed by atoms with Gasteiger partial charge in [0.25, 0.3) is 0 Å². The lowest BCUT2D eigenvalue weighted by Gasteiger charge is -2.31. The van der Waals surface area contributed by atoms with Crippen LogP contribution >= 0.6 is 11.6 Å². The lowest BCUT2D eigenvalue weighted by Crippen LogP contribution is -2.39. The Hall–Kier alpha value is -0.240. The molecular formula is C11H18ClNO. The Morgan fingerprint density at radius 1 is 1.29 bits per heavy atom. The number of fused-ring (bicyclic) bond motifs is 1. The molecule has 0 bridgehead atoms. The molecule has 0 aromatic carbocycles. The summed E-state index contributed by atoms with van der Waals surface area (Å²) in [6.07, 6.45) is 6.95. The van der Waals surface area contributed by atoms with Gasteiger partial charge < -0.3 is 4.90 Å². The van der Waals surface area contributed by atoms with E-state index in [1.165, 1.54) is 32.1 Å². The van der Waals surface area contributed by atoms with Gasteiger partial charge in [-0.15, -0.1) is 11.6 Å². The molecule has 0 N–H and O–H groups in total. The highest BCUT2D eigenvalue weighted by atomic mass is 35.5. The van der Waals surface area contributed by atoms with Gasteiger partial charge in [-0.3, -0.25) is 4.79 Å². The highest BCUT2D eigenvalue weighted by Gasteiger charge is 2.37. The van der Waals surface area contributed by atoms with E-state index in [9.17, 15) is 4.79 Å². The highest BCUT2D eigenvalue weighted by Crippen LogP contribution is 2.36. The molecular weight excluding hydrogens is 198 g/mol. The van der Waals surface area contributed by atoms with Gasteiger partial charge in [0.2, 0.25) is 5.91 Å². The number of alkyl halides is 1. The molecule has 2 rings (SSSR count). The van der Waals surface area contributed by atoms with E-state index in [0.717, 1.165) is 12.5 Å². The molecule has 2 atom stereocenters.